The van der Waals surface area contributed by atoms with Crippen LogP contribution in [0.1, 0.15) is 5.56 Å². The van der Waals surface area contributed by atoms with Gasteiger partial charge < -0.3 is 20.1 Å². The summed E-state index contributed by atoms with van der Waals surface area (Å²) in [6.07, 6.45) is 1.12. The average Bonchev–Trinajstić information content (AvgIpc) is 2.44. The normalized spacial score (nSPS) is 10.3. The molecule has 108 valence electrons. The first-order chi connectivity index (χ1) is 9.53. The molecule has 9 heteroatoms. The van der Waals surface area contributed by atoms with Crippen LogP contribution in [0.15, 0.2) is 17.2 Å². The predicted octanol–water partition coefficient (Wildman–Crippen LogP) is 0.448. The molecule has 1 rings (SSSR count). The molecule has 0 aliphatic carbocycles. The lowest BCUT2D eigenvalue weighted by molar-refractivity contribution is -0.385. The Morgan fingerprint density at radius 1 is 1.45 bits per heavy atom. The Labute approximate surface area is 114 Å². The molecule has 0 amide bonds. The molecule has 20 heavy (non-hydrogen) atoms. The zero-order valence-corrected chi connectivity index (χ0v) is 10.9. The lowest BCUT2D eigenvalue weighted by Crippen LogP contribution is -2.13. The Balaban J connectivity index is 3.19. The third-order valence-electron chi connectivity index (χ3n) is 2.30. The first kappa shape index (κ1) is 15.2. The molecular weight excluding hydrogens is 270 g/mol. The van der Waals surface area contributed by atoms with Crippen molar-refractivity contribution < 1.29 is 23.9 Å². The molecule has 0 aromatic heterocycles. The molecule has 0 fully saturated rings. The van der Waals surface area contributed by atoms with Crippen molar-refractivity contribution in [2.75, 3.05) is 20.8 Å². The summed E-state index contributed by atoms with van der Waals surface area (Å²) in [7, 11) is 2.56. The third kappa shape index (κ3) is 3.57. The van der Waals surface area contributed by atoms with E-state index in [0.717, 1.165) is 12.3 Å². The highest BCUT2D eigenvalue weighted by Gasteiger charge is 2.19. The van der Waals surface area contributed by atoms with E-state index < -0.39 is 17.5 Å². The number of ether oxygens (including phenoxy) is 3. The summed E-state index contributed by atoms with van der Waals surface area (Å²) in [4.78, 5) is 21.3. The van der Waals surface area contributed by atoms with Gasteiger partial charge in [0.25, 0.3) is 5.69 Å². The lowest BCUT2D eigenvalue weighted by atomic mass is 10.1. The van der Waals surface area contributed by atoms with Gasteiger partial charge in [0.2, 0.25) is 0 Å². The van der Waals surface area contributed by atoms with E-state index in [-0.39, 0.29) is 22.7 Å². The van der Waals surface area contributed by atoms with Crippen LogP contribution in [0.5, 0.6) is 11.5 Å². The number of hydrazone groups is 1. The first-order valence-corrected chi connectivity index (χ1v) is 5.32. The topological polar surface area (TPSA) is 126 Å². The molecule has 0 bridgehead atoms. The van der Waals surface area contributed by atoms with Crippen LogP contribution in [-0.2, 0) is 9.53 Å². The van der Waals surface area contributed by atoms with Crippen molar-refractivity contribution in [3.8, 4) is 11.5 Å². The van der Waals surface area contributed by atoms with Gasteiger partial charge in [-0.1, -0.05) is 0 Å². The number of hydrogen-bond acceptors (Lipinski definition) is 8. The van der Waals surface area contributed by atoms with Gasteiger partial charge in [-0.05, 0) is 6.07 Å². The molecule has 0 unspecified atom stereocenters. The van der Waals surface area contributed by atoms with E-state index in [2.05, 4.69) is 9.84 Å². The molecule has 0 radical (unpaired) electrons. The zero-order chi connectivity index (χ0) is 15.1. The summed E-state index contributed by atoms with van der Waals surface area (Å²) >= 11 is 0. The first-order valence-electron chi connectivity index (χ1n) is 5.32. The van der Waals surface area contributed by atoms with Gasteiger partial charge >= 0.3 is 5.97 Å². The number of esters is 1. The molecule has 2 N–H and O–H groups in total. The fourth-order valence-corrected chi connectivity index (χ4v) is 1.37. The molecule has 0 saturated carbocycles. The van der Waals surface area contributed by atoms with E-state index in [1.54, 1.807) is 0 Å². The van der Waals surface area contributed by atoms with Crippen molar-refractivity contribution in [2.24, 2.45) is 10.9 Å². The van der Waals surface area contributed by atoms with E-state index in [1.807, 2.05) is 0 Å². The Morgan fingerprint density at radius 2 is 2.15 bits per heavy atom. The maximum absolute atomic E-state index is 11.0. The monoisotopic (exact) mass is 283 g/mol. The van der Waals surface area contributed by atoms with Crippen molar-refractivity contribution in [3.05, 3.63) is 27.8 Å². The maximum atomic E-state index is 11.0. The second kappa shape index (κ2) is 6.92. The molecule has 0 atom stereocenters. The Kier molecular flexibility index (Phi) is 5.27. The fourth-order valence-electron chi connectivity index (χ4n) is 1.37. The van der Waals surface area contributed by atoms with Crippen LogP contribution in [0.25, 0.3) is 0 Å². The molecule has 1 aromatic rings. The van der Waals surface area contributed by atoms with Gasteiger partial charge in [-0.15, -0.1) is 0 Å². The summed E-state index contributed by atoms with van der Waals surface area (Å²) in [5, 5.41) is 14.2. The van der Waals surface area contributed by atoms with E-state index in [4.69, 9.17) is 15.3 Å². The summed E-state index contributed by atoms with van der Waals surface area (Å²) in [6, 6.07) is 2.46. The minimum Gasteiger partial charge on any atom is -0.493 e. The number of benzene rings is 1. The second-order valence-electron chi connectivity index (χ2n) is 3.46. The molecular formula is C11H13N3O6. The van der Waals surface area contributed by atoms with E-state index in [1.165, 1.54) is 20.3 Å². The average molecular weight is 283 g/mol. The van der Waals surface area contributed by atoms with Gasteiger partial charge in [-0.3, -0.25) is 10.1 Å². The van der Waals surface area contributed by atoms with Crippen molar-refractivity contribution in [1.82, 2.24) is 0 Å². The minimum absolute atomic E-state index is 0.0405. The number of nitro groups is 1. The quantitative estimate of drug-likeness (QED) is 0.264. The highest BCUT2D eigenvalue weighted by molar-refractivity contribution is 5.86. The highest BCUT2D eigenvalue weighted by atomic mass is 16.6. The number of nitrogens with zero attached hydrogens (tertiary/aromatic N) is 2. The number of nitro benzene ring substituents is 1. The van der Waals surface area contributed by atoms with E-state index >= 15 is 0 Å². The Morgan fingerprint density at radius 3 is 2.65 bits per heavy atom. The second-order valence-corrected chi connectivity index (χ2v) is 3.46. The highest BCUT2D eigenvalue weighted by Crippen LogP contribution is 2.34. The smallest absolute Gasteiger partial charge is 0.343 e. The third-order valence-corrected chi connectivity index (χ3v) is 2.30. The summed E-state index contributed by atoms with van der Waals surface area (Å²) in [6.45, 7) is -0.395. The largest absolute Gasteiger partial charge is 0.493 e. The van der Waals surface area contributed by atoms with Gasteiger partial charge in [0.15, 0.2) is 18.1 Å². The van der Waals surface area contributed by atoms with Crippen LogP contribution in [0, 0.1) is 10.1 Å². The van der Waals surface area contributed by atoms with Crippen LogP contribution in [-0.4, -0.2) is 37.9 Å². The zero-order valence-electron chi connectivity index (χ0n) is 10.9. The van der Waals surface area contributed by atoms with E-state index in [0.29, 0.717) is 0 Å². The molecule has 9 nitrogen and oxygen atoms in total. The number of methoxy groups -OCH3 is 2. The molecule has 0 aliphatic rings. The number of hydrogen-bond donors (Lipinski definition) is 1. The van der Waals surface area contributed by atoms with E-state index in [9.17, 15) is 14.9 Å². The van der Waals surface area contributed by atoms with Crippen molar-refractivity contribution in [2.45, 2.75) is 0 Å². The summed E-state index contributed by atoms with van der Waals surface area (Å²) < 4.78 is 14.6. The molecule has 0 spiro atoms. The van der Waals surface area contributed by atoms with Gasteiger partial charge in [0.05, 0.1) is 37.0 Å². The summed E-state index contributed by atoms with van der Waals surface area (Å²) in [5.41, 5.74) is -0.125. The molecule has 1 aromatic carbocycles. The van der Waals surface area contributed by atoms with Crippen molar-refractivity contribution >= 4 is 17.9 Å². The van der Waals surface area contributed by atoms with Gasteiger partial charge in [-0.25, -0.2) is 4.79 Å². The minimum atomic E-state index is -0.624. The lowest BCUT2D eigenvalue weighted by Gasteiger charge is -2.10. The number of nitrogens with two attached hydrogens (primary N) is 1. The number of carbonyl (C=O) groups excluding carboxylic acids is 1. The van der Waals surface area contributed by atoms with Crippen molar-refractivity contribution in [1.29, 1.82) is 0 Å². The SMILES string of the molecule is COC(=O)COc1cc([N+](=O)[O-])c(C=NN)cc1OC. The Bertz CT molecular complexity index is 543. The standard InChI is InChI=1S/C11H13N3O6/c1-18-9-3-7(5-13-12)8(14(16)17)4-10(9)20-6-11(15)19-2/h3-5H,6,12H2,1-2H3. The number of carbonyl (C=O) groups is 1. The Hall–Kier alpha value is -2.84. The maximum Gasteiger partial charge on any atom is 0.343 e. The van der Waals surface area contributed by atoms with Gasteiger partial charge in [-0.2, -0.15) is 5.10 Å². The molecule has 0 saturated heterocycles. The fraction of sp³-hybridized carbons (Fsp3) is 0.273. The van der Waals surface area contributed by atoms with Crippen LogP contribution < -0.4 is 15.3 Å². The van der Waals surface area contributed by atoms with Gasteiger partial charge in [0, 0.05) is 0 Å². The molecule has 0 aliphatic heterocycles. The molecule has 0 heterocycles. The predicted molar refractivity (Wildman–Crippen MR) is 68.9 cm³/mol. The van der Waals surface area contributed by atoms with Crippen LogP contribution >= 0.6 is 0 Å². The van der Waals surface area contributed by atoms with Crippen LogP contribution in [0.4, 0.5) is 5.69 Å². The number of rotatable bonds is 6. The van der Waals surface area contributed by atoms with Crippen LogP contribution in [0.3, 0.4) is 0 Å². The van der Waals surface area contributed by atoms with Gasteiger partial charge in [0.1, 0.15) is 0 Å². The summed E-state index contributed by atoms with van der Waals surface area (Å²) in [5.74, 6) is 4.61. The van der Waals surface area contributed by atoms with Crippen LogP contribution in [0.2, 0.25) is 0 Å². The van der Waals surface area contributed by atoms with Crippen molar-refractivity contribution in [3.63, 3.8) is 0 Å².